The van der Waals surface area contributed by atoms with Crippen LogP contribution in [0.5, 0.6) is 0 Å². The number of hydrogen-bond donors (Lipinski definition) is 0. The van der Waals surface area contributed by atoms with Crippen molar-refractivity contribution >= 4 is 0 Å². The maximum absolute atomic E-state index is 11.3. The molecule has 0 atom stereocenters. The smallest absolute Gasteiger partial charge is 0.209 e. The molecule has 0 unspecified atom stereocenters. The average molecular weight is 113 g/mol. The fourth-order valence-corrected chi connectivity index (χ4v) is 0.190. The Kier molecular flexibility index (Phi) is 2.75. The quantitative estimate of drug-likeness (QED) is 0.484. The molecule has 0 aliphatic heterocycles. The zero-order valence-corrected chi connectivity index (χ0v) is 3.87. The van der Waals surface area contributed by atoms with Gasteiger partial charge in [0.1, 0.15) is 0 Å². The largest absolute Gasteiger partial charge is 0.253 e. The lowest BCUT2D eigenvalue weighted by molar-refractivity contribution is -0.00601. The summed E-state index contributed by atoms with van der Waals surface area (Å²) >= 11 is 0. The molecule has 0 fully saturated rings. The molecule has 0 aliphatic rings. The van der Waals surface area contributed by atoms with Crippen LogP contribution in [0, 0.1) is 0 Å². The van der Waals surface area contributed by atoms with E-state index >= 15 is 0 Å². The van der Waals surface area contributed by atoms with Gasteiger partial charge in [-0.05, 0) is 0 Å². The Hall–Kier alpha value is -0.250. The monoisotopic (exact) mass is 113 g/mol. The first-order chi connectivity index (χ1) is 3.13. The molecule has 7 heavy (non-hydrogen) atoms. The van der Waals surface area contributed by atoms with E-state index in [9.17, 15) is 13.3 Å². The lowest BCUT2D eigenvalue weighted by Gasteiger charge is -2.00. The Balaban J connectivity index is 2.95. The normalized spacial score (nSPS) is 11.1. The highest BCUT2D eigenvalue weighted by atomic mass is 19.3. The summed E-state index contributed by atoms with van der Waals surface area (Å²) in [4.78, 5) is 0. The molecular formula is C3H6F3N. The van der Waals surface area contributed by atoms with Crippen LogP contribution in [0.15, 0.2) is 0 Å². The zero-order chi connectivity index (χ0) is 5.86. The van der Waals surface area contributed by atoms with Gasteiger partial charge in [0.25, 0.3) is 6.43 Å². The molecule has 4 heteroatoms. The van der Waals surface area contributed by atoms with Gasteiger partial charge in [-0.2, -0.15) is 0 Å². The molecule has 0 saturated carbocycles. The molecule has 44 valence electrons. The summed E-state index contributed by atoms with van der Waals surface area (Å²) < 4.78 is 33.3. The summed E-state index contributed by atoms with van der Waals surface area (Å²) in [6.07, 6.45) is -2.57. The van der Waals surface area contributed by atoms with Crippen molar-refractivity contribution in [3.05, 3.63) is 0 Å². The molecule has 0 N–H and O–H groups in total. The predicted molar refractivity (Wildman–Crippen MR) is 19.7 cm³/mol. The first-order valence-electron chi connectivity index (χ1n) is 1.78. The van der Waals surface area contributed by atoms with E-state index in [1.807, 2.05) is 0 Å². The van der Waals surface area contributed by atoms with Gasteiger partial charge < -0.3 is 0 Å². The minimum Gasteiger partial charge on any atom is -0.209 e. The van der Waals surface area contributed by atoms with Gasteiger partial charge in [0.2, 0.25) is 0 Å². The second kappa shape index (κ2) is 2.85. The van der Waals surface area contributed by atoms with E-state index in [0.717, 1.165) is 7.05 Å². The molecule has 0 aromatic heterocycles. The lowest BCUT2D eigenvalue weighted by atomic mass is 10.7. The molecule has 0 aromatic carbocycles. The summed E-state index contributed by atoms with van der Waals surface area (Å²) in [6, 6.07) is 0. The molecule has 0 saturated heterocycles. The number of halogens is 3. The van der Waals surface area contributed by atoms with Crippen LogP contribution in [0.4, 0.5) is 13.3 Å². The summed E-state index contributed by atoms with van der Waals surface area (Å²) in [7, 11) is 0.951. The highest BCUT2D eigenvalue weighted by Gasteiger charge is 2.04. The van der Waals surface area contributed by atoms with E-state index < -0.39 is 13.0 Å². The Morgan fingerprint density at radius 1 is 1.57 bits per heavy atom. The fourth-order valence-electron chi connectivity index (χ4n) is 0.190. The van der Waals surface area contributed by atoms with Crippen LogP contribution >= 0.6 is 0 Å². The van der Waals surface area contributed by atoms with E-state index in [2.05, 4.69) is 0 Å². The Labute approximate surface area is 39.7 Å². The van der Waals surface area contributed by atoms with Gasteiger partial charge in [0, 0.05) is 7.05 Å². The summed E-state index contributed by atoms with van der Waals surface area (Å²) in [6.45, 7) is -0.806. The standard InChI is InChI=1S/C3H6F3N/c1-7(6)2-3(4)5/h3H,2H2,1H3. The Morgan fingerprint density at radius 2 is 2.00 bits per heavy atom. The molecule has 0 aliphatic carbocycles. The van der Waals surface area contributed by atoms with Crippen molar-refractivity contribution in [2.45, 2.75) is 6.43 Å². The lowest BCUT2D eigenvalue weighted by Crippen LogP contribution is -2.15. The third kappa shape index (κ3) is 5.75. The van der Waals surface area contributed by atoms with Gasteiger partial charge >= 0.3 is 0 Å². The summed E-state index contributed by atoms with van der Waals surface area (Å²) in [5.74, 6) is 0. The second-order valence-corrected chi connectivity index (χ2v) is 1.18. The molecule has 0 radical (unpaired) electrons. The second-order valence-electron chi connectivity index (χ2n) is 1.18. The van der Waals surface area contributed by atoms with Gasteiger partial charge in [-0.3, -0.25) is 0 Å². The minimum atomic E-state index is -2.57. The van der Waals surface area contributed by atoms with E-state index in [-0.39, 0.29) is 5.12 Å². The van der Waals surface area contributed by atoms with Crippen LogP contribution in [0.2, 0.25) is 0 Å². The topological polar surface area (TPSA) is 3.24 Å². The van der Waals surface area contributed by atoms with Crippen molar-refractivity contribution in [2.24, 2.45) is 0 Å². The molecule has 0 rings (SSSR count). The molecule has 0 spiro atoms. The molecule has 1 nitrogen and oxygen atoms in total. The first-order valence-corrected chi connectivity index (χ1v) is 1.78. The van der Waals surface area contributed by atoms with Crippen LogP contribution in [0.3, 0.4) is 0 Å². The van der Waals surface area contributed by atoms with Crippen molar-refractivity contribution in [1.29, 1.82) is 0 Å². The van der Waals surface area contributed by atoms with E-state index in [1.165, 1.54) is 0 Å². The molecule has 0 heterocycles. The number of nitrogens with zero attached hydrogens (tertiary/aromatic N) is 1. The first kappa shape index (κ1) is 6.75. The Bertz CT molecular complexity index is 39.4. The van der Waals surface area contributed by atoms with E-state index in [0.29, 0.717) is 0 Å². The van der Waals surface area contributed by atoms with Crippen LogP contribution in [0.1, 0.15) is 0 Å². The van der Waals surface area contributed by atoms with Crippen LogP contribution in [-0.2, 0) is 0 Å². The van der Waals surface area contributed by atoms with Gasteiger partial charge in [0.15, 0.2) is 0 Å². The maximum atomic E-state index is 11.3. The van der Waals surface area contributed by atoms with Crippen molar-refractivity contribution in [1.82, 2.24) is 5.12 Å². The summed E-state index contributed by atoms with van der Waals surface area (Å²) in [5, 5.41) is -0.0509. The predicted octanol–water partition coefficient (Wildman–Crippen LogP) is 1.07. The molecule has 0 aromatic rings. The number of alkyl halides is 2. The highest BCUT2D eigenvalue weighted by molar-refractivity contribution is 4.37. The zero-order valence-electron chi connectivity index (χ0n) is 3.87. The fraction of sp³-hybridized carbons (Fsp3) is 1.00. The maximum Gasteiger partial charge on any atom is 0.253 e. The molecule has 0 amide bonds. The van der Waals surface area contributed by atoms with Crippen molar-refractivity contribution in [3.63, 3.8) is 0 Å². The van der Waals surface area contributed by atoms with Crippen LogP contribution in [-0.4, -0.2) is 25.1 Å². The highest BCUT2D eigenvalue weighted by Crippen LogP contribution is 1.93. The van der Waals surface area contributed by atoms with Gasteiger partial charge in [-0.1, -0.05) is 0 Å². The van der Waals surface area contributed by atoms with Gasteiger partial charge in [-0.15, -0.1) is 9.60 Å². The molecule has 0 bridgehead atoms. The van der Waals surface area contributed by atoms with Crippen LogP contribution < -0.4 is 0 Å². The Morgan fingerprint density at radius 3 is 2.00 bits per heavy atom. The van der Waals surface area contributed by atoms with Crippen molar-refractivity contribution in [2.75, 3.05) is 13.6 Å². The number of hydrogen-bond acceptors (Lipinski definition) is 1. The minimum absolute atomic E-state index is 0.0509. The third-order valence-electron chi connectivity index (χ3n) is 0.390. The van der Waals surface area contributed by atoms with Gasteiger partial charge in [0.05, 0.1) is 6.54 Å². The number of rotatable bonds is 2. The van der Waals surface area contributed by atoms with Gasteiger partial charge in [-0.25, -0.2) is 8.78 Å². The van der Waals surface area contributed by atoms with Crippen LogP contribution in [0.25, 0.3) is 0 Å². The van der Waals surface area contributed by atoms with E-state index in [1.54, 1.807) is 0 Å². The van der Waals surface area contributed by atoms with Crippen molar-refractivity contribution in [3.8, 4) is 0 Å². The SMILES string of the molecule is CN(F)CC(F)F. The van der Waals surface area contributed by atoms with Crippen molar-refractivity contribution < 1.29 is 13.3 Å². The average Bonchev–Trinajstić information content (AvgIpc) is 1.27. The van der Waals surface area contributed by atoms with E-state index in [4.69, 9.17) is 0 Å². The molecular weight excluding hydrogens is 107 g/mol. The third-order valence-corrected chi connectivity index (χ3v) is 0.390. The summed E-state index contributed by atoms with van der Waals surface area (Å²) in [5.41, 5.74) is 0.